The van der Waals surface area contributed by atoms with Crippen molar-refractivity contribution in [3.63, 3.8) is 0 Å². The van der Waals surface area contributed by atoms with Crippen molar-refractivity contribution in [3.8, 4) is 10.8 Å². The van der Waals surface area contributed by atoms with Crippen LogP contribution in [0.2, 0.25) is 0 Å². The Kier molecular flexibility index (Phi) is 1.94. The van der Waals surface area contributed by atoms with E-state index in [9.17, 15) is 4.79 Å². The molecule has 5 heteroatoms. The van der Waals surface area contributed by atoms with E-state index in [1.807, 2.05) is 19.1 Å². The van der Waals surface area contributed by atoms with Crippen molar-refractivity contribution in [1.82, 2.24) is 10.1 Å². The highest BCUT2D eigenvalue weighted by Gasteiger charge is 2.09. The zero-order valence-electron chi connectivity index (χ0n) is 6.85. The van der Waals surface area contributed by atoms with Gasteiger partial charge in [0.05, 0.1) is 4.88 Å². The molecule has 4 nitrogen and oxygen atoms in total. The lowest BCUT2D eigenvalue weighted by Crippen LogP contribution is -1.80. The van der Waals surface area contributed by atoms with Gasteiger partial charge in [0, 0.05) is 4.88 Å². The van der Waals surface area contributed by atoms with Gasteiger partial charge in [-0.25, -0.2) is 0 Å². The predicted molar refractivity (Wildman–Crippen MR) is 47.7 cm³/mol. The van der Waals surface area contributed by atoms with E-state index >= 15 is 0 Å². The minimum Gasteiger partial charge on any atom is -0.333 e. The summed E-state index contributed by atoms with van der Waals surface area (Å²) in [6.45, 7) is 1.99. The molecule has 13 heavy (non-hydrogen) atoms. The van der Waals surface area contributed by atoms with Crippen molar-refractivity contribution in [3.05, 3.63) is 22.8 Å². The highest BCUT2D eigenvalue weighted by Crippen LogP contribution is 2.25. The van der Waals surface area contributed by atoms with Crippen LogP contribution in [0.25, 0.3) is 10.8 Å². The van der Waals surface area contributed by atoms with Crippen molar-refractivity contribution >= 4 is 17.6 Å². The Balaban J connectivity index is 2.40. The second kappa shape index (κ2) is 3.10. The number of hydrogen-bond acceptors (Lipinski definition) is 5. The van der Waals surface area contributed by atoms with E-state index in [0.717, 1.165) is 4.88 Å². The van der Waals surface area contributed by atoms with Crippen LogP contribution in [0.15, 0.2) is 16.7 Å². The van der Waals surface area contributed by atoms with Crippen LogP contribution in [0.1, 0.15) is 15.5 Å². The van der Waals surface area contributed by atoms with Crippen molar-refractivity contribution in [1.29, 1.82) is 0 Å². The lowest BCUT2D eigenvalue weighted by Gasteiger charge is -1.82. The SMILES string of the molecule is Cc1ccc(-c2nc(C=O)no2)s1. The van der Waals surface area contributed by atoms with E-state index < -0.39 is 0 Å². The van der Waals surface area contributed by atoms with Gasteiger partial charge in [-0.2, -0.15) is 4.98 Å². The van der Waals surface area contributed by atoms with Gasteiger partial charge in [0.2, 0.25) is 5.82 Å². The molecule has 0 saturated carbocycles. The third-order valence-corrected chi connectivity index (χ3v) is 2.49. The topological polar surface area (TPSA) is 56.0 Å². The fourth-order valence-corrected chi connectivity index (χ4v) is 1.72. The number of hydrogen-bond donors (Lipinski definition) is 0. The van der Waals surface area contributed by atoms with Gasteiger partial charge in [-0.15, -0.1) is 11.3 Å². The number of aryl methyl sites for hydroxylation is 1. The van der Waals surface area contributed by atoms with Gasteiger partial charge in [0.15, 0.2) is 6.29 Å². The van der Waals surface area contributed by atoms with Crippen molar-refractivity contribution in [2.24, 2.45) is 0 Å². The average Bonchev–Trinajstić information content (AvgIpc) is 2.71. The second-order valence-electron chi connectivity index (χ2n) is 2.49. The molecule has 66 valence electrons. The lowest BCUT2D eigenvalue weighted by molar-refractivity contribution is 0.111. The Hall–Kier alpha value is -1.49. The largest absolute Gasteiger partial charge is 0.333 e. The van der Waals surface area contributed by atoms with Crippen LogP contribution in [0.4, 0.5) is 0 Å². The number of aromatic nitrogens is 2. The molecule has 0 spiro atoms. The lowest BCUT2D eigenvalue weighted by atomic mass is 10.4. The van der Waals surface area contributed by atoms with E-state index in [1.165, 1.54) is 4.88 Å². The van der Waals surface area contributed by atoms with Gasteiger partial charge in [0.1, 0.15) is 0 Å². The van der Waals surface area contributed by atoms with Crippen LogP contribution in [0.3, 0.4) is 0 Å². The molecule has 0 aliphatic carbocycles. The summed E-state index contributed by atoms with van der Waals surface area (Å²) in [5.41, 5.74) is 0. The number of aldehydes is 1. The van der Waals surface area contributed by atoms with Crippen molar-refractivity contribution in [2.45, 2.75) is 6.92 Å². The molecule has 0 N–H and O–H groups in total. The molecule has 2 rings (SSSR count). The highest BCUT2D eigenvalue weighted by molar-refractivity contribution is 7.15. The zero-order chi connectivity index (χ0) is 9.26. The predicted octanol–water partition coefficient (Wildman–Crippen LogP) is 1.92. The molecular formula is C8H6N2O2S. The first-order chi connectivity index (χ1) is 6.29. The molecule has 0 fully saturated rings. The molecule has 0 amide bonds. The van der Waals surface area contributed by atoms with E-state index in [1.54, 1.807) is 11.3 Å². The minimum atomic E-state index is 0.0843. The first kappa shape index (κ1) is 8.12. The maximum Gasteiger partial charge on any atom is 0.268 e. The van der Waals surface area contributed by atoms with E-state index in [-0.39, 0.29) is 5.82 Å². The third kappa shape index (κ3) is 1.50. The minimum absolute atomic E-state index is 0.0843. The Morgan fingerprint density at radius 3 is 2.92 bits per heavy atom. The molecule has 2 aromatic rings. The molecule has 0 aromatic carbocycles. The molecule has 0 atom stereocenters. The summed E-state index contributed by atoms with van der Waals surface area (Å²) in [7, 11) is 0. The van der Waals surface area contributed by atoms with E-state index in [0.29, 0.717) is 12.2 Å². The van der Waals surface area contributed by atoms with Gasteiger partial charge < -0.3 is 4.52 Å². The third-order valence-electron chi connectivity index (χ3n) is 1.50. The molecule has 0 unspecified atom stereocenters. The zero-order valence-corrected chi connectivity index (χ0v) is 7.67. The molecule has 0 radical (unpaired) electrons. The molecule has 0 aliphatic heterocycles. The first-order valence-electron chi connectivity index (χ1n) is 3.65. The summed E-state index contributed by atoms with van der Waals surface area (Å²) in [6.07, 6.45) is 0.563. The number of nitrogens with zero attached hydrogens (tertiary/aromatic N) is 2. The standard InChI is InChI=1S/C8H6N2O2S/c1-5-2-3-6(13-5)8-9-7(4-11)10-12-8/h2-4H,1H3. The highest BCUT2D eigenvalue weighted by atomic mass is 32.1. The summed E-state index contributed by atoms with van der Waals surface area (Å²) in [5, 5.41) is 3.47. The number of carbonyl (C=O) groups is 1. The monoisotopic (exact) mass is 194 g/mol. The van der Waals surface area contributed by atoms with Crippen LogP contribution < -0.4 is 0 Å². The Bertz CT molecular complexity index is 433. The molecule has 2 heterocycles. The Morgan fingerprint density at radius 2 is 2.38 bits per heavy atom. The molecule has 0 bridgehead atoms. The van der Waals surface area contributed by atoms with Crippen LogP contribution in [-0.2, 0) is 0 Å². The number of carbonyl (C=O) groups excluding carboxylic acids is 1. The van der Waals surface area contributed by atoms with Crippen LogP contribution in [-0.4, -0.2) is 16.4 Å². The first-order valence-corrected chi connectivity index (χ1v) is 4.47. The fourth-order valence-electron chi connectivity index (χ4n) is 0.932. The van der Waals surface area contributed by atoms with Gasteiger partial charge in [-0.3, -0.25) is 4.79 Å². The van der Waals surface area contributed by atoms with Crippen molar-refractivity contribution in [2.75, 3.05) is 0 Å². The van der Waals surface area contributed by atoms with Gasteiger partial charge in [-0.05, 0) is 19.1 Å². The smallest absolute Gasteiger partial charge is 0.268 e. The number of rotatable bonds is 2. The number of thiophene rings is 1. The molecular weight excluding hydrogens is 188 g/mol. The summed E-state index contributed by atoms with van der Waals surface area (Å²) in [4.78, 5) is 16.2. The van der Waals surface area contributed by atoms with Gasteiger partial charge >= 0.3 is 0 Å². The molecule has 2 aromatic heterocycles. The van der Waals surface area contributed by atoms with E-state index in [2.05, 4.69) is 10.1 Å². The maximum absolute atomic E-state index is 10.3. The average molecular weight is 194 g/mol. The van der Waals surface area contributed by atoms with Crippen molar-refractivity contribution < 1.29 is 9.32 Å². The van der Waals surface area contributed by atoms with Gasteiger partial charge in [0.25, 0.3) is 5.89 Å². The molecule has 0 saturated heterocycles. The Labute approximate surface area is 78.2 Å². The van der Waals surface area contributed by atoms with Crippen LogP contribution >= 0.6 is 11.3 Å². The second-order valence-corrected chi connectivity index (χ2v) is 3.77. The summed E-state index contributed by atoms with van der Waals surface area (Å²) >= 11 is 1.55. The Morgan fingerprint density at radius 1 is 1.54 bits per heavy atom. The maximum atomic E-state index is 10.3. The van der Waals surface area contributed by atoms with Crippen LogP contribution in [0, 0.1) is 6.92 Å². The summed E-state index contributed by atoms with van der Waals surface area (Å²) < 4.78 is 4.87. The normalized spacial score (nSPS) is 10.2. The summed E-state index contributed by atoms with van der Waals surface area (Å²) in [6, 6.07) is 3.85. The molecule has 0 aliphatic rings. The quantitative estimate of drug-likeness (QED) is 0.685. The van der Waals surface area contributed by atoms with E-state index in [4.69, 9.17) is 4.52 Å². The van der Waals surface area contributed by atoms with Gasteiger partial charge in [-0.1, -0.05) is 5.16 Å². The summed E-state index contributed by atoms with van der Waals surface area (Å²) in [5.74, 6) is 0.487. The fraction of sp³-hybridized carbons (Fsp3) is 0.125. The van der Waals surface area contributed by atoms with Crippen LogP contribution in [0.5, 0.6) is 0 Å².